The van der Waals surface area contributed by atoms with E-state index in [4.69, 9.17) is 11.6 Å². The van der Waals surface area contributed by atoms with Gasteiger partial charge in [-0.25, -0.2) is 0 Å². The highest BCUT2D eigenvalue weighted by atomic mass is 35.5. The summed E-state index contributed by atoms with van der Waals surface area (Å²) in [5.41, 5.74) is 3.42. The summed E-state index contributed by atoms with van der Waals surface area (Å²) >= 11 is 7.79. The van der Waals surface area contributed by atoms with E-state index in [0.29, 0.717) is 0 Å². The molecule has 1 aliphatic heterocycles. The van der Waals surface area contributed by atoms with Crippen LogP contribution in [0.25, 0.3) is 5.57 Å². The van der Waals surface area contributed by atoms with Gasteiger partial charge >= 0.3 is 0 Å². The van der Waals surface area contributed by atoms with Gasteiger partial charge in [0.1, 0.15) is 0 Å². The van der Waals surface area contributed by atoms with E-state index in [2.05, 4.69) is 30.8 Å². The van der Waals surface area contributed by atoms with Crippen LogP contribution in [0.4, 0.5) is 0 Å². The zero-order valence-corrected chi connectivity index (χ0v) is 10.1. The summed E-state index contributed by atoms with van der Waals surface area (Å²) in [6, 6.07) is 14.3. The summed E-state index contributed by atoms with van der Waals surface area (Å²) in [7, 11) is 0. The van der Waals surface area contributed by atoms with Gasteiger partial charge in [-0.05, 0) is 41.0 Å². The molecule has 0 saturated carbocycles. The van der Waals surface area contributed by atoms with E-state index in [1.54, 1.807) is 11.8 Å². The smallest absolute Gasteiger partial charge is 0.0412 e. The molecular weight excluding hydrogens is 236 g/mol. The van der Waals surface area contributed by atoms with E-state index < -0.39 is 0 Å². The van der Waals surface area contributed by atoms with Gasteiger partial charge in [-0.15, -0.1) is 0 Å². The molecule has 3 rings (SSSR count). The van der Waals surface area contributed by atoms with Crippen LogP contribution in [0, 0.1) is 0 Å². The monoisotopic (exact) mass is 244 g/mol. The summed E-state index contributed by atoms with van der Waals surface area (Å²) in [5, 5.41) is 0.764. The van der Waals surface area contributed by atoms with Crippen LogP contribution in [0.2, 0.25) is 5.02 Å². The Bertz CT molecular complexity index is 587. The lowest BCUT2D eigenvalue weighted by molar-refractivity contribution is 1.29. The zero-order chi connectivity index (χ0) is 11.1. The number of halogens is 1. The quantitative estimate of drug-likeness (QED) is 0.544. The van der Waals surface area contributed by atoms with Crippen LogP contribution in [0.5, 0.6) is 0 Å². The number of benzene rings is 2. The maximum atomic E-state index is 6.02. The Morgan fingerprint density at radius 3 is 2.56 bits per heavy atom. The molecule has 0 aliphatic carbocycles. The molecule has 1 aliphatic rings. The van der Waals surface area contributed by atoms with Crippen molar-refractivity contribution in [3.8, 4) is 0 Å². The van der Waals surface area contributed by atoms with E-state index in [1.165, 1.54) is 15.4 Å². The van der Waals surface area contributed by atoms with Crippen LogP contribution < -0.4 is 0 Å². The van der Waals surface area contributed by atoms with Crippen molar-refractivity contribution in [2.24, 2.45) is 0 Å². The zero-order valence-electron chi connectivity index (χ0n) is 8.53. The third kappa shape index (κ3) is 1.48. The number of hydrogen-bond acceptors (Lipinski definition) is 1. The van der Waals surface area contributed by atoms with Crippen LogP contribution >= 0.6 is 23.4 Å². The van der Waals surface area contributed by atoms with E-state index >= 15 is 0 Å². The predicted molar refractivity (Wildman–Crippen MR) is 70.2 cm³/mol. The molecule has 0 bridgehead atoms. The normalized spacial score (nSPS) is 13.2. The van der Waals surface area contributed by atoms with Gasteiger partial charge < -0.3 is 0 Å². The average molecular weight is 245 g/mol. The fourth-order valence-electron chi connectivity index (χ4n) is 1.90. The molecule has 0 nitrogen and oxygen atoms in total. The fourth-order valence-corrected chi connectivity index (χ4v) is 3.18. The lowest BCUT2D eigenvalue weighted by atomic mass is 9.99. The first kappa shape index (κ1) is 10.0. The van der Waals surface area contributed by atoms with Gasteiger partial charge in [-0.1, -0.05) is 48.1 Å². The van der Waals surface area contributed by atoms with Crippen molar-refractivity contribution < 1.29 is 0 Å². The lowest BCUT2D eigenvalue weighted by Gasteiger charge is -2.20. The molecule has 2 aromatic carbocycles. The van der Waals surface area contributed by atoms with E-state index in [9.17, 15) is 0 Å². The van der Waals surface area contributed by atoms with Crippen molar-refractivity contribution in [2.45, 2.75) is 9.79 Å². The molecular formula is C14H9ClS. The third-order valence-corrected chi connectivity index (χ3v) is 4.09. The Morgan fingerprint density at radius 1 is 0.938 bits per heavy atom. The van der Waals surface area contributed by atoms with Crippen molar-refractivity contribution in [1.29, 1.82) is 0 Å². The third-order valence-electron chi connectivity index (χ3n) is 2.70. The highest BCUT2D eigenvalue weighted by molar-refractivity contribution is 7.99. The Hall–Kier alpha value is -1.18. The first-order valence-corrected chi connectivity index (χ1v) is 6.21. The van der Waals surface area contributed by atoms with Gasteiger partial charge in [0.2, 0.25) is 0 Å². The molecule has 0 spiro atoms. The lowest BCUT2D eigenvalue weighted by Crippen LogP contribution is -1.97. The minimum Gasteiger partial charge on any atom is -0.0905 e. The largest absolute Gasteiger partial charge is 0.0905 e. The molecule has 2 aromatic rings. The molecule has 2 heteroatoms. The molecule has 16 heavy (non-hydrogen) atoms. The van der Waals surface area contributed by atoms with Crippen LogP contribution in [0.15, 0.2) is 58.8 Å². The highest BCUT2D eigenvalue weighted by Crippen LogP contribution is 2.45. The van der Waals surface area contributed by atoms with E-state index in [0.717, 1.165) is 16.2 Å². The molecule has 0 fully saturated rings. The molecule has 0 N–H and O–H groups in total. The van der Waals surface area contributed by atoms with Crippen LogP contribution in [0.1, 0.15) is 11.1 Å². The second-order valence-electron chi connectivity index (χ2n) is 3.72. The SMILES string of the molecule is C=C1c2ccccc2Sc2ccc(Cl)cc21. The first-order valence-electron chi connectivity index (χ1n) is 5.02. The van der Waals surface area contributed by atoms with Gasteiger partial charge in [0.05, 0.1) is 0 Å². The molecule has 0 unspecified atom stereocenters. The Labute approximate surface area is 104 Å². The van der Waals surface area contributed by atoms with Crippen molar-refractivity contribution in [3.63, 3.8) is 0 Å². The molecule has 0 aromatic heterocycles. The summed E-state index contributed by atoms with van der Waals surface area (Å²) in [6.45, 7) is 4.17. The van der Waals surface area contributed by atoms with Gasteiger partial charge in [-0.3, -0.25) is 0 Å². The number of fused-ring (bicyclic) bond motifs is 2. The maximum absolute atomic E-state index is 6.02. The summed E-state index contributed by atoms with van der Waals surface area (Å²) < 4.78 is 0. The van der Waals surface area contributed by atoms with Crippen molar-refractivity contribution in [2.75, 3.05) is 0 Å². The minimum atomic E-state index is 0.764. The second-order valence-corrected chi connectivity index (χ2v) is 5.24. The van der Waals surface area contributed by atoms with Gasteiger partial charge in [0.25, 0.3) is 0 Å². The van der Waals surface area contributed by atoms with Gasteiger partial charge in [-0.2, -0.15) is 0 Å². The van der Waals surface area contributed by atoms with Gasteiger partial charge in [0.15, 0.2) is 0 Å². The topological polar surface area (TPSA) is 0 Å². The summed E-state index contributed by atoms with van der Waals surface area (Å²) in [6.07, 6.45) is 0. The molecule has 0 radical (unpaired) electrons. The van der Waals surface area contributed by atoms with Crippen LogP contribution in [0.3, 0.4) is 0 Å². The fraction of sp³-hybridized carbons (Fsp3) is 0. The molecule has 0 saturated heterocycles. The van der Waals surface area contributed by atoms with Crippen LogP contribution in [-0.4, -0.2) is 0 Å². The summed E-state index contributed by atoms with van der Waals surface area (Å²) in [4.78, 5) is 2.50. The maximum Gasteiger partial charge on any atom is 0.0412 e. The predicted octanol–water partition coefficient (Wildman–Crippen LogP) is 4.87. The Morgan fingerprint density at radius 2 is 1.69 bits per heavy atom. The molecule has 0 amide bonds. The summed E-state index contributed by atoms with van der Waals surface area (Å²) in [5.74, 6) is 0. The van der Waals surface area contributed by atoms with E-state index in [1.807, 2.05) is 18.2 Å². The first-order chi connectivity index (χ1) is 7.75. The molecule has 78 valence electrons. The van der Waals surface area contributed by atoms with Gasteiger partial charge in [0, 0.05) is 14.8 Å². The second kappa shape index (κ2) is 3.69. The Kier molecular flexibility index (Phi) is 2.31. The minimum absolute atomic E-state index is 0.764. The molecule has 0 atom stereocenters. The molecule has 1 heterocycles. The number of hydrogen-bond donors (Lipinski definition) is 0. The Balaban J connectivity index is 2.23. The number of rotatable bonds is 0. The average Bonchev–Trinajstić information content (AvgIpc) is 2.31. The van der Waals surface area contributed by atoms with Crippen molar-refractivity contribution in [3.05, 3.63) is 65.2 Å². The van der Waals surface area contributed by atoms with Crippen LogP contribution in [-0.2, 0) is 0 Å². The van der Waals surface area contributed by atoms with E-state index in [-0.39, 0.29) is 0 Å². The van der Waals surface area contributed by atoms with Crippen molar-refractivity contribution >= 4 is 28.9 Å². The van der Waals surface area contributed by atoms with Crippen molar-refractivity contribution in [1.82, 2.24) is 0 Å². The highest BCUT2D eigenvalue weighted by Gasteiger charge is 2.18. The standard InChI is InChI=1S/C14H9ClS/c1-9-11-4-2-3-5-13(11)16-14-7-6-10(15)8-12(9)14/h2-8H,1H2.